The number of hydrogen-bond donors (Lipinski definition) is 0. The molecule has 0 unspecified atom stereocenters. The topological polar surface area (TPSA) is 33.2 Å². The Morgan fingerprint density at radius 2 is 2.04 bits per heavy atom. The van der Waals surface area contributed by atoms with E-state index < -0.39 is 0 Å². The van der Waals surface area contributed by atoms with Gasteiger partial charge in [0.1, 0.15) is 5.01 Å². The highest BCUT2D eigenvalue weighted by atomic mass is 35.5. The predicted molar refractivity (Wildman–Crippen MR) is 95.9 cm³/mol. The van der Waals surface area contributed by atoms with Crippen LogP contribution in [0.5, 0.6) is 0 Å². The van der Waals surface area contributed by atoms with Crippen LogP contribution in [-0.4, -0.2) is 22.8 Å². The average molecular weight is 345 g/mol. The molecule has 0 atom stereocenters. The van der Waals surface area contributed by atoms with Crippen molar-refractivity contribution in [3.8, 4) is 0 Å². The van der Waals surface area contributed by atoms with Crippen molar-refractivity contribution >= 4 is 39.1 Å². The van der Waals surface area contributed by atoms with Gasteiger partial charge in [0, 0.05) is 18.5 Å². The Hall–Kier alpha value is -1.91. The molecular formula is C18H17ClN2OS. The lowest BCUT2D eigenvalue weighted by atomic mass is 10.1. The number of amides is 1. The first-order valence-corrected chi connectivity index (χ1v) is 8.64. The minimum atomic E-state index is 0.115. The van der Waals surface area contributed by atoms with Gasteiger partial charge < -0.3 is 4.90 Å². The van der Waals surface area contributed by atoms with Gasteiger partial charge in [0.15, 0.2) is 0 Å². The minimum Gasteiger partial charge on any atom is -0.339 e. The Bertz CT molecular complexity index is 798. The minimum absolute atomic E-state index is 0.115. The summed E-state index contributed by atoms with van der Waals surface area (Å²) in [6.07, 6.45) is 1.17. The fraction of sp³-hybridized carbons (Fsp3) is 0.222. The molecule has 0 aliphatic carbocycles. The van der Waals surface area contributed by atoms with E-state index >= 15 is 0 Å². The second-order valence-electron chi connectivity index (χ2n) is 5.46. The largest absolute Gasteiger partial charge is 0.339 e. The molecule has 3 rings (SSSR count). The van der Waals surface area contributed by atoms with Gasteiger partial charge in [0.05, 0.1) is 16.8 Å². The molecule has 118 valence electrons. The molecule has 23 heavy (non-hydrogen) atoms. The first-order valence-electron chi connectivity index (χ1n) is 7.44. The molecule has 0 aliphatic rings. The van der Waals surface area contributed by atoms with Gasteiger partial charge in [-0.05, 0) is 36.2 Å². The smallest absolute Gasteiger partial charge is 0.223 e. The van der Waals surface area contributed by atoms with Gasteiger partial charge in [-0.15, -0.1) is 11.3 Å². The Labute approximate surface area is 144 Å². The van der Waals surface area contributed by atoms with Gasteiger partial charge >= 0.3 is 0 Å². The maximum atomic E-state index is 12.3. The lowest BCUT2D eigenvalue weighted by molar-refractivity contribution is -0.130. The van der Waals surface area contributed by atoms with E-state index in [-0.39, 0.29) is 5.91 Å². The first kappa shape index (κ1) is 16.0. The van der Waals surface area contributed by atoms with Gasteiger partial charge in [0.2, 0.25) is 5.91 Å². The van der Waals surface area contributed by atoms with Gasteiger partial charge in [-0.25, -0.2) is 4.98 Å². The SMILES string of the molecule is CN(Cc1nc2ccccc2s1)C(=O)CCc1cccc(Cl)c1. The van der Waals surface area contributed by atoms with Crippen molar-refractivity contribution in [1.82, 2.24) is 9.88 Å². The van der Waals surface area contributed by atoms with Gasteiger partial charge in [0.25, 0.3) is 0 Å². The number of nitrogens with zero attached hydrogens (tertiary/aromatic N) is 2. The third kappa shape index (κ3) is 4.09. The number of thiazole rings is 1. The number of carbonyl (C=O) groups is 1. The molecule has 0 saturated carbocycles. The van der Waals surface area contributed by atoms with E-state index in [0.29, 0.717) is 24.4 Å². The first-order chi connectivity index (χ1) is 11.1. The van der Waals surface area contributed by atoms with Crippen LogP contribution in [0, 0.1) is 0 Å². The second-order valence-corrected chi connectivity index (χ2v) is 7.01. The summed E-state index contributed by atoms with van der Waals surface area (Å²) in [5.74, 6) is 0.115. The molecule has 5 heteroatoms. The van der Waals surface area contributed by atoms with Crippen LogP contribution in [0.4, 0.5) is 0 Å². The molecule has 3 aromatic rings. The van der Waals surface area contributed by atoms with Crippen LogP contribution in [0.15, 0.2) is 48.5 Å². The van der Waals surface area contributed by atoms with E-state index in [2.05, 4.69) is 11.1 Å². The summed E-state index contributed by atoms with van der Waals surface area (Å²) in [6, 6.07) is 15.7. The highest BCUT2D eigenvalue weighted by Gasteiger charge is 2.12. The zero-order valence-electron chi connectivity index (χ0n) is 12.8. The fourth-order valence-corrected chi connectivity index (χ4v) is 3.65. The van der Waals surface area contributed by atoms with Crippen LogP contribution in [0.2, 0.25) is 5.02 Å². The summed E-state index contributed by atoms with van der Waals surface area (Å²) >= 11 is 7.60. The molecular weight excluding hydrogens is 328 g/mol. The Morgan fingerprint density at radius 3 is 2.83 bits per heavy atom. The summed E-state index contributed by atoms with van der Waals surface area (Å²) in [6.45, 7) is 0.549. The molecule has 0 spiro atoms. The third-order valence-corrected chi connectivity index (χ3v) is 4.91. The fourth-order valence-electron chi connectivity index (χ4n) is 2.41. The van der Waals surface area contributed by atoms with Gasteiger partial charge in [-0.2, -0.15) is 0 Å². The Balaban J connectivity index is 1.58. The van der Waals surface area contributed by atoms with Crippen LogP contribution in [0.1, 0.15) is 17.0 Å². The lowest BCUT2D eigenvalue weighted by Gasteiger charge is -2.15. The molecule has 2 aromatic carbocycles. The van der Waals surface area contributed by atoms with Crippen LogP contribution < -0.4 is 0 Å². The number of hydrogen-bond acceptors (Lipinski definition) is 3. The monoisotopic (exact) mass is 344 g/mol. The van der Waals surface area contributed by atoms with Gasteiger partial charge in [-0.1, -0.05) is 35.9 Å². The summed E-state index contributed by atoms with van der Waals surface area (Å²) in [7, 11) is 1.83. The lowest BCUT2D eigenvalue weighted by Crippen LogP contribution is -2.26. The maximum absolute atomic E-state index is 12.3. The summed E-state index contributed by atoms with van der Waals surface area (Å²) in [5.41, 5.74) is 2.08. The number of aromatic nitrogens is 1. The normalized spacial score (nSPS) is 10.9. The number of aryl methyl sites for hydroxylation is 1. The molecule has 0 radical (unpaired) electrons. The summed E-state index contributed by atoms with van der Waals surface area (Å²) in [4.78, 5) is 18.6. The number of fused-ring (bicyclic) bond motifs is 1. The standard InChI is InChI=1S/C18H17ClN2OS/c1-21(12-17-20-15-7-2-3-8-16(15)23-17)18(22)10-9-13-5-4-6-14(19)11-13/h2-8,11H,9-10,12H2,1H3. The molecule has 1 aromatic heterocycles. The third-order valence-electron chi connectivity index (χ3n) is 3.65. The molecule has 0 N–H and O–H groups in total. The van der Waals surface area contributed by atoms with Crippen molar-refractivity contribution in [2.75, 3.05) is 7.05 Å². The molecule has 0 aliphatic heterocycles. The van der Waals surface area contributed by atoms with Crippen molar-refractivity contribution < 1.29 is 4.79 Å². The van der Waals surface area contributed by atoms with Crippen LogP contribution >= 0.6 is 22.9 Å². The second kappa shape index (κ2) is 7.11. The zero-order chi connectivity index (χ0) is 16.2. The molecule has 0 bridgehead atoms. The van der Waals surface area contributed by atoms with Crippen molar-refractivity contribution in [1.29, 1.82) is 0 Å². The predicted octanol–water partition coefficient (Wildman–Crippen LogP) is 4.54. The molecule has 0 fully saturated rings. The highest BCUT2D eigenvalue weighted by Crippen LogP contribution is 2.22. The van der Waals surface area contributed by atoms with E-state index in [1.54, 1.807) is 16.2 Å². The number of para-hydroxylation sites is 1. The van der Waals surface area contributed by atoms with E-state index in [4.69, 9.17) is 11.6 Å². The van der Waals surface area contributed by atoms with Gasteiger partial charge in [-0.3, -0.25) is 4.79 Å². The molecule has 0 saturated heterocycles. The number of halogens is 1. The van der Waals surface area contributed by atoms with E-state index in [1.165, 1.54) is 0 Å². The van der Waals surface area contributed by atoms with Crippen LogP contribution in [0.25, 0.3) is 10.2 Å². The molecule has 1 amide bonds. The van der Waals surface area contributed by atoms with E-state index in [1.807, 2.05) is 49.5 Å². The number of carbonyl (C=O) groups excluding carboxylic acids is 1. The van der Waals surface area contributed by atoms with Crippen molar-refractivity contribution in [2.45, 2.75) is 19.4 Å². The summed E-state index contributed by atoms with van der Waals surface area (Å²) in [5, 5.41) is 1.67. The number of rotatable bonds is 5. The zero-order valence-corrected chi connectivity index (χ0v) is 14.4. The van der Waals surface area contributed by atoms with E-state index in [9.17, 15) is 4.79 Å². The maximum Gasteiger partial charge on any atom is 0.223 e. The highest BCUT2D eigenvalue weighted by molar-refractivity contribution is 7.18. The van der Waals surface area contributed by atoms with E-state index in [0.717, 1.165) is 20.8 Å². The van der Waals surface area contributed by atoms with Crippen molar-refractivity contribution in [3.63, 3.8) is 0 Å². The molecule has 3 nitrogen and oxygen atoms in total. The quantitative estimate of drug-likeness (QED) is 0.680. The van der Waals surface area contributed by atoms with Crippen LogP contribution in [0.3, 0.4) is 0 Å². The molecule has 1 heterocycles. The Kier molecular flexibility index (Phi) is 4.94. The summed E-state index contributed by atoms with van der Waals surface area (Å²) < 4.78 is 1.15. The van der Waals surface area contributed by atoms with Crippen molar-refractivity contribution in [2.24, 2.45) is 0 Å². The Morgan fingerprint density at radius 1 is 1.22 bits per heavy atom. The van der Waals surface area contributed by atoms with Crippen molar-refractivity contribution in [3.05, 3.63) is 64.1 Å². The number of benzene rings is 2. The van der Waals surface area contributed by atoms with Crippen LogP contribution in [-0.2, 0) is 17.8 Å². The average Bonchev–Trinajstić information content (AvgIpc) is 2.94.